The van der Waals surface area contributed by atoms with Crippen LogP contribution < -0.4 is 5.56 Å². The molecule has 1 aromatic carbocycles. The van der Waals surface area contributed by atoms with Crippen LogP contribution in [0.25, 0.3) is 0 Å². The molecule has 0 saturated carbocycles. The molecule has 1 N–H and O–H groups in total. The summed E-state index contributed by atoms with van der Waals surface area (Å²) >= 11 is 0.789. The van der Waals surface area contributed by atoms with Crippen molar-refractivity contribution >= 4 is 17.7 Å². The van der Waals surface area contributed by atoms with Crippen LogP contribution in [0.15, 0.2) is 40.3 Å². The number of nitrogens with zero attached hydrogens (tertiary/aromatic N) is 2. The second-order valence-electron chi connectivity index (χ2n) is 6.33. The Morgan fingerprint density at radius 1 is 1.37 bits per heavy atom. The molecule has 0 fully saturated rings. The second kappa shape index (κ2) is 7.75. The number of carbonyl (C=O) groups is 1. The summed E-state index contributed by atoms with van der Waals surface area (Å²) < 4.78 is 38.3. The monoisotopic (exact) mass is 397 g/mol. The van der Waals surface area contributed by atoms with Gasteiger partial charge in [0.25, 0.3) is 5.56 Å². The number of carbonyl (C=O) groups excluding carboxylic acids is 1. The zero-order chi connectivity index (χ0) is 19.6. The van der Waals surface area contributed by atoms with Gasteiger partial charge in [0.05, 0.1) is 11.8 Å². The first-order chi connectivity index (χ1) is 12.8. The van der Waals surface area contributed by atoms with E-state index in [1.54, 1.807) is 11.9 Å². The number of aromatic amines is 1. The van der Waals surface area contributed by atoms with E-state index in [9.17, 15) is 22.8 Å². The molecule has 2 aromatic rings. The van der Waals surface area contributed by atoms with Gasteiger partial charge in [0.15, 0.2) is 10.9 Å². The number of rotatable bonds is 4. The van der Waals surface area contributed by atoms with Crippen molar-refractivity contribution in [1.29, 1.82) is 0 Å². The molecule has 5 nitrogen and oxygen atoms in total. The van der Waals surface area contributed by atoms with E-state index in [1.165, 1.54) is 5.56 Å². The van der Waals surface area contributed by atoms with Gasteiger partial charge in [-0.15, -0.1) is 0 Å². The van der Waals surface area contributed by atoms with Gasteiger partial charge in [-0.3, -0.25) is 9.59 Å². The first-order valence-corrected chi connectivity index (χ1v) is 9.39. The van der Waals surface area contributed by atoms with E-state index < -0.39 is 17.4 Å². The van der Waals surface area contributed by atoms with Crippen LogP contribution in [0.4, 0.5) is 13.2 Å². The minimum atomic E-state index is -4.71. The highest BCUT2D eigenvalue weighted by Gasteiger charge is 2.33. The van der Waals surface area contributed by atoms with Crippen molar-refractivity contribution in [2.75, 3.05) is 12.8 Å². The molecule has 27 heavy (non-hydrogen) atoms. The summed E-state index contributed by atoms with van der Waals surface area (Å²) in [6, 6.07) is 8.29. The van der Waals surface area contributed by atoms with Gasteiger partial charge in [-0.1, -0.05) is 36.0 Å². The van der Waals surface area contributed by atoms with Crippen LogP contribution in [0.1, 0.15) is 35.7 Å². The molecule has 0 bridgehead atoms. The van der Waals surface area contributed by atoms with Crippen molar-refractivity contribution in [2.24, 2.45) is 0 Å². The molecule has 1 aliphatic carbocycles. The highest BCUT2D eigenvalue weighted by Crippen LogP contribution is 2.34. The minimum absolute atomic E-state index is 0.0587. The fourth-order valence-electron chi connectivity index (χ4n) is 3.19. The molecule has 1 unspecified atom stereocenters. The summed E-state index contributed by atoms with van der Waals surface area (Å²) in [5.74, 6) is -0.346. The molecule has 3 rings (SSSR count). The smallest absolute Gasteiger partial charge is 0.338 e. The molecular formula is C18H18F3N3O2S. The van der Waals surface area contributed by atoms with E-state index in [2.05, 4.69) is 9.97 Å². The summed E-state index contributed by atoms with van der Waals surface area (Å²) in [6.07, 6.45) is -1.94. The Kier molecular flexibility index (Phi) is 5.59. The highest BCUT2D eigenvalue weighted by molar-refractivity contribution is 7.99. The van der Waals surface area contributed by atoms with E-state index in [0.717, 1.165) is 36.6 Å². The number of hydrogen-bond donors (Lipinski definition) is 1. The summed E-state index contributed by atoms with van der Waals surface area (Å²) in [7, 11) is 1.69. The van der Waals surface area contributed by atoms with Gasteiger partial charge in [-0.2, -0.15) is 13.2 Å². The predicted octanol–water partition coefficient (Wildman–Crippen LogP) is 3.42. The third-order valence-electron chi connectivity index (χ3n) is 4.54. The van der Waals surface area contributed by atoms with Crippen LogP contribution in [0.2, 0.25) is 0 Å². The lowest BCUT2D eigenvalue weighted by Gasteiger charge is -2.33. The quantitative estimate of drug-likeness (QED) is 0.634. The van der Waals surface area contributed by atoms with E-state index in [1.807, 2.05) is 24.3 Å². The molecule has 144 valence electrons. The highest BCUT2D eigenvalue weighted by atomic mass is 32.2. The summed E-state index contributed by atoms with van der Waals surface area (Å²) in [5, 5.41) is -0.222. The number of nitrogens with one attached hydrogen (secondary N) is 1. The van der Waals surface area contributed by atoms with Crippen LogP contribution in [0.3, 0.4) is 0 Å². The molecule has 0 saturated heterocycles. The van der Waals surface area contributed by atoms with Crippen molar-refractivity contribution < 1.29 is 18.0 Å². The average Bonchev–Trinajstić information content (AvgIpc) is 2.64. The van der Waals surface area contributed by atoms with Crippen molar-refractivity contribution in [3.05, 3.63) is 57.5 Å². The number of hydrogen-bond acceptors (Lipinski definition) is 4. The lowest BCUT2D eigenvalue weighted by atomic mass is 9.87. The van der Waals surface area contributed by atoms with Gasteiger partial charge in [0, 0.05) is 13.1 Å². The van der Waals surface area contributed by atoms with E-state index in [4.69, 9.17) is 0 Å². The van der Waals surface area contributed by atoms with Crippen molar-refractivity contribution in [2.45, 2.75) is 36.6 Å². The number of benzene rings is 1. The lowest BCUT2D eigenvalue weighted by molar-refractivity contribution is -0.141. The van der Waals surface area contributed by atoms with Crippen LogP contribution in [0.5, 0.6) is 0 Å². The first-order valence-electron chi connectivity index (χ1n) is 8.40. The average molecular weight is 397 g/mol. The standard InChI is InChI=1S/C18H18F3N3O2S/c1-24(13-8-4-6-11-5-2-3-7-12(11)13)16(26)10-27-17-22-14(18(19,20)21)9-15(25)23-17/h2-3,5,7,9,13H,4,6,8,10H2,1H3,(H,22,23,25). The predicted molar refractivity (Wildman–Crippen MR) is 95.5 cm³/mol. The number of aromatic nitrogens is 2. The lowest BCUT2D eigenvalue weighted by Crippen LogP contribution is -2.34. The molecule has 0 spiro atoms. The Morgan fingerprint density at radius 3 is 2.85 bits per heavy atom. The zero-order valence-corrected chi connectivity index (χ0v) is 15.4. The fraction of sp³-hybridized carbons (Fsp3) is 0.389. The third-order valence-corrected chi connectivity index (χ3v) is 5.40. The molecular weight excluding hydrogens is 379 g/mol. The van der Waals surface area contributed by atoms with Gasteiger partial charge in [-0.05, 0) is 30.4 Å². The molecule has 1 aliphatic rings. The maximum absolute atomic E-state index is 12.8. The molecule has 9 heteroatoms. The second-order valence-corrected chi connectivity index (χ2v) is 7.30. The normalized spacial score (nSPS) is 16.7. The molecule has 1 aromatic heterocycles. The van der Waals surface area contributed by atoms with E-state index >= 15 is 0 Å². The van der Waals surface area contributed by atoms with Gasteiger partial charge < -0.3 is 9.88 Å². The first kappa shape index (κ1) is 19.5. The molecule has 1 atom stereocenters. The number of H-pyrrole nitrogens is 1. The zero-order valence-electron chi connectivity index (χ0n) is 14.5. The number of aryl methyl sites for hydroxylation is 1. The van der Waals surface area contributed by atoms with Crippen LogP contribution in [-0.2, 0) is 17.4 Å². The van der Waals surface area contributed by atoms with Crippen molar-refractivity contribution in [3.63, 3.8) is 0 Å². The molecule has 1 amide bonds. The topological polar surface area (TPSA) is 66.1 Å². The largest absolute Gasteiger partial charge is 0.433 e. The Bertz CT molecular complexity index is 898. The number of alkyl halides is 3. The molecule has 0 aliphatic heterocycles. The Hall–Kier alpha value is -2.29. The number of thioether (sulfide) groups is 1. The number of halogens is 3. The fourth-order valence-corrected chi connectivity index (χ4v) is 3.98. The van der Waals surface area contributed by atoms with Crippen LogP contribution in [-0.4, -0.2) is 33.6 Å². The van der Waals surface area contributed by atoms with E-state index in [-0.39, 0.29) is 22.9 Å². The molecule has 0 radical (unpaired) electrons. The Balaban J connectivity index is 1.70. The summed E-state index contributed by atoms with van der Waals surface area (Å²) in [6.45, 7) is 0. The summed E-state index contributed by atoms with van der Waals surface area (Å²) in [4.78, 5) is 31.2. The maximum atomic E-state index is 12.8. The van der Waals surface area contributed by atoms with Gasteiger partial charge in [0.1, 0.15) is 0 Å². The van der Waals surface area contributed by atoms with Crippen LogP contribution >= 0.6 is 11.8 Å². The van der Waals surface area contributed by atoms with Gasteiger partial charge in [-0.25, -0.2) is 4.98 Å². The van der Waals surface area contributed by atoms with Crippen molar-refractivity contribution in [3.8, 4) is 0 Å². The van der Waals surface area contributed by atoms with Gasteiger partial charge >= 0.3 is 6.18 Å². The minimum Gasteiger partial charge on any atom is -0.338 e. The van der Waals surface area contributed by atoms with Crippen molar-refractivity contribution in [1.82, 2.24) is 14.9 Å². The van der Waals surface area contributed by atoms with Gasteiger partial charge in [0.2, 0.25) is 5.91 Å². The maximum Gasteiger partial charge on any atom is 0.433 e. The number of amides is 1. The third kappa shape index (κ3) is 4.52. The Labute approximate surface area is 158 Å². The Morgan fingerprint density at radius 2 is 2.11 bits per heavy atom. The van der Waals surface area contributed by atoms with E-state index in [0.29, 0.717) is 6.07 Å². The molecule has 1 heterocycles. The summed E-state index contributed by atoms with van der Waals surface area (Å²) in [5.41, 5.74) is 0.151. The SMILES string of the molecule is CN(C(=O)CSc1nc(C(F)(F)F)cc(=O)[nH]1)C1CCCc2ccccc21. The number of fused-ring (bicyclic) bond motifs is 1. The van der Waals surface area contributed by atoms with Crippen LogP contribution in [0, 0.1) is 0 Å².